The molecule has 0 aliphatic heterocycles. The van der Waals surface area contributed by atoms with E-state index >= 15 is 0 Å². The SMILES string of the molecule is CCC(C)C(=O)NCC(c1cccc(OC)c1OC)c1c[nH]c2ccccc12. The minimum atomic E-state index is -0.0748. The molecule has 2 N–H and O–H groups in total. The lowest BCUT2D eigenvalue weighted by atomic mass is 9.89. The van der Waals surface area contributed by atoms with Crippen molar-refractivity contribution in [1.82, 2.24) is 10.3 Å². The van der Waals surface area contributed by atoms with Gasteiger partial charge in [-0.25, -0.2) is 0 Å². The highest BCUT2D eigenvalue weighted by molar-refractivity contribution is 5.85. The van der Waals surface area contributed by atoms with Gasteiger partial charge in [-0.15, -0.1) is 0 Å². The van der Waals surface area contributed by atoms with E-state index in [1.807, 2.05) is 50.4 Å². The van der Waals surface area contributed by atoms with Gasteiger partial charge in [0.2, 0.25) is 5.91 Å². The molecule has 148 valence electrons. The summed E-state index contributed by atoms with van der Waals surface area (Å²) in [5.41, 5.74) is 3.17. The third kappa shape index (κ3) is 3.84. The maximum absolute atomic E-state index is 12.4. The number of fused-ring (bicyclic) bond motifs is 1. The fraction of sp³-hybridized carbons (Fsp3) is 0.348. The summed E-state index contributed by atoms with van der Waals surface area (Å²) >= 11 is 0. The highest BCUT2D eigenvalue weighted by Gasteiger charge is 2.24. The number of para-hydroxylation sites is 2. The first-order valence-corrected chi connectivity index (χ1v) is 9.65. The van der Waals surface area contributed by atoms with E-state index < -0.39 is 0 Å². The van der Waals surface area contributed by atoms with Crippen molar-refractivity contribution in [2.24, 2.45) is 5.92 Å². The first kappa shape index (κ1) is 19.8. The lowest BCUT2D eigenvalue weighted by Crippen LogP contribution is -2.33. The Bertz CT molecular complexity index is 948. The third-order valence-corrected chi connectivity index (χ3v) is 5.35. The standard InChI is InChI=1S/C23H28N2O3/c1-5-15(2)23(26)25-14-19(17-10-8-12-21(27-3)22(17)28-4)18-13-24-20-11-7-6-9-16(18)20/h6-13,15,19,24H,5,14H2,1-4H3,(H,25,26). The number of benzene rings is 2. The summed E-state index contributed by atoms with van der Waals surface area (Å²) in [6, 6.07) is 14.0. The topological polar surface area (TPSA) is 63.4 Å². The molecule has 0 spiro atoms. The number of ether oxygens (including phenoxy) is 2. The number of carbonyl (C=O) groups is 1. The fourth-order valence-electron chi connectivity index (χ4n) is 3.52. The maximum Gasteiger partial charge on any atom is 0.222 e. The fourth-order valence-corrected chi connectivity index (χ4v) is 3.52. The van der Waals surface area contributed by atoms with Gasteiger partial charge in [0.25, 0.3) is 0 Å². The molecule has 2 atom stereocenters. The van der Waals surface area contributed by atoms with E-state index in [4.69, 9.17) is 9.47 Å². The highest BCUT2D eigenvalue weighted by atomic mass is 16.5. The largest absolute Gasteiger partial charge is 0.493 e. The van der Waals surface area contributed by atoms with Gasteiger partial charge in [0.05, 0.1) is 14.2 Å². The molecule has 1 heterocycles. The number of carbonyl (C=O) groups excluding carboxylic acids is 1. The van der Waals surface area contributed by atoms with Gasteiger partial charge in [-0.3, -0.25) is 4.79 Å². The third-order valence-electron chi connectivity index (χ3n) is 5.35. The molecule has 5 heteroatoms. The summed E-state index contributed by atoms with van der Waals surface area (Å²) in [6.07, 6.45) is 2.83. The van der Waals surface area contributed by atoms with E-state index in [2.05, 4.69) is 22.4 Å². The van der Waals surface area contributed by atoms with Crippen LogP contribution in [0, 0.1) is 5.92 Å². The molecule has 0 radical (unpaired) electrons. The monoisotopic (exact) mass is 380 g/mol. The Labute approximate surface area is 166 Å². The molecule has 0 fully saturated rings. The smallest absolute Gasteiger partial charge is 0.222 e. The van der Waals surface area contributed by atoms with Gasteiger partial charge in [-0.1, -0.05) is 44.2 Å². The Morgan fingerprint density at radius 1 is 1.07 bits per heavy atom. The zero-order valence-electron chi connectivity index (χ0n) is 16.9. The zero-order valence-corrected chi connectivity index (χ0v) is 16.9. The average Bonchev–Trinajstić information content (AvgIpc) is 3.16. The molecule has 1 amide bonds. The molecule has 2 unspecified atom stereocenters. The molecule has 28 heavy (non-hydrogen) atoms. The maximum atomic E-state index is 12.4. The van der Waals surface area contributed by atoms with Crippen LogP contribution in [0.1, 0.15) is 37.3 Å². The first-order chi connectivity index (χ1) is 13.6. The lowest BCUT2D eigenvalue weighted by Gasteiger charge is -2.22. The number of rotatable bonds is 8. The molecular formula is C23H28N2O3. The molecule has 0 saturated heterocycles. The molecule has 1 aromatic heterocycles. The number of aromatic amines is 1. The molecular weight excluding hydrogens is 352 g/mol. The van der Waals surface area contributed by atoms with Crippen LogP contribution in [0.25, 0.3) is 10.9 Å². The van der Waals surface area contributed by atoms with Crippen molar-refractivity contribution >= 4 is 16.8 Å². The molecule has 3 rings (SSSR count). The van der Waals surface area contributed by atoms with Gasteiger partial charge in [-0.05, 0) is 24.1 Å². The van der Waals surface area contributed by atoms with Crippen LogP contribution in [0.2, 0.25) is 0 Å². The number of hydrogen-bond acceptors (Lipinski definition) is 3. The Balaban J connectivity index is 2.06. The van der Waals surface area contributed by atoms with E-state index in [0.717, 1.165) is 28.5 Å². The van der Waals surface area contributed by atoms with Crippen molar-refractivity contribution in [3.63, 3.8) is 0 Å². The molecule has 2 aromatic carbocycles. The van der Waals surface area contributed by atoms with Gasteiger partial charge in [0.15, 0.2) is 11.5 Å². The summed E-state index contributed by atoms with van der Waals surface area (Å²) in [5, 5.41) is 4.26. The van der Waals surface area contributed by atoms with Gasteiger partial charge in [-0.2, -0.15) is 0 Å². The summed E-state index contributed by atoms with van der Waals surface area (Å²) in [5.74, 6) is 1.34. The summed E-state index contributed by atoms with van der Waals surface area (Å²) < 4.78 is 11.2. The molecule has 0 saturated carbocycles. The van der Waals surface area contributed by atoms with Crippen molar-refractivity contribution in [2.45, 2.75) is 26.2 Å². The van der Waals surface area contributed by atoms with Crippen LogP contribution < -0.4 is 14.8 Å². The lowest BCUT2D eigenvalue weighted by molar-refractivity contribution is -0.124. The second kappa shape index (κ2) is 8.83. The van der Waals surface area contributed by atoms with E-state index in [1.165, 1.54) is 0 Å². The quantitative estimate of drug-likeness (QED) is 0.606. The van der Waals surface area contributed by atoms with Crippen LogP contribution >= 0.6 is 0 Å². The Morgan fingerprint density at radius 3 is 2.57 bits per heavy atom. The molecule has 0 aliphatic rings. The Kier molecular flexibility index (Phi) is 6.24. The minimum Gasteiger partial charge on any atom is -0.493 e. The average molecular weight is 380 g/mol. The summed E-state index contributed by atoms with van der Waals surface area (Å²) in [6.45, 7) is 4.45. The van der Waals surface area contributed by atoms with Crippen molar-refractivity contribution in [1.29, 1.82) is 0 Å². The second-order valence-corrected chi connectivity index (χ2v) is 6.98. The molecule has 3 aromatic rings. The van der Waals surface area contributed by atoms with E-state index in [0.29, 0.717) is 18.0 Å². The number of amides is 1. The van der Waals surface area contributed by atoms with Gasteiger partial charge in [0, 0.05) is 41.0 Å². The molecule has 5 nitrogen and oxygen atoms in total. The van der Waals surface area contributed by atoms with Crippen molar-refractivity contribution in [3.05, 3.63) is 59.8 Å². The van der Waals surface area contributed by atoms with Gasteiger partial charge in [0.1, 0.15) is 0 Å². The molecule has 0 aliphatic carbocycles. The van der Waals surface area contributed by atoms with E-state index in [1.54, 1.807) is 14.2 Å². The van der Waals surface area contributed by atoms with Crippen LogP contribution in [0.3, 0.4) is 0 Å². The zero-order chi connectivity index (χ0) is 20.1. The predicted molar refractivity (Wildman–Crippen MR) is 112 cm³/mol. The van der Waals surface area contributed by atoms with E-state index in [-0.39, 0.29) is 17.7 Å². The first-order valence-electron chi connectivity index (χ1n) is 9.65. The van der Waals surface area contributed by atoms with Crippen LogP contribution in [0.5, 0.6) is 11.5 Å². The van der Waals surface area contributed by atoms with Crippen LogP contribution in [0.4, 0.5) is 0 Å². The molecule has 0 bridgehead atoms. The van der Waals surface area contributed by atoms with Crippen LogP contribution in [-0.2, 0) is 4.79 Å². The van der Waals surface area contributed by atoms with Crippen molar-refractivity contribution < 1.29 is 14.3 Å². The van der Waals surface area contributed by atoms with Crippen LogP contribution in [-0.4, -0.2) is 31.7 Å². The number of H-pyrrole nitrogens is 1. The number of methoxy groups -OCH3 is 2. The Hall–Kier alpha value is -2.95. The minimum absolute atomic E-state index is 0.0178. The summed E-state index contributed by atoms with van der Waals surface area (Å²) in [4.78, 5) is 15.8. The second-order valence-electron chi connectivity index (χ2n) is 6.98. The van der Waals surface area contributed by atoms with Crippen molar-refractivity contribution in [3.8, 4) is 11.5 Å². The van der Waals surface area contributed by atoms with Gasteiger partial charge < -0.3 is 19.8 Å². The van der Waals surface area contributed by atoms with Crippen molar-refractivity contribution in [2.75, 3.05) is 20.8 Å². The number of nitrogens with one attached hydrogen (secondary N) is 2. The summed E-state index contributed by atoms with van der Waals surface area (Å²) in [7, 11) is 3.28. The highest BCUT2D eigenvalue weighted by Crippen LogP contribution is 2.40. The van der Waals surface area contributed by atoms with Crippen LogP contribution in [0.15, 0.2) is 48.7 Å². The van der Waals surface area contributed by atoms with E-state index in [9.17, 15) is 4.79 Å². The van der Waals surface area contributed by atoms with Gasteiger partial charge >= 0.3 is 0 Å². The normalized spacial score (nSPS) is 13.1. The predicted octanol–water partition coefficient (Wildman–Crippen LogP) is 4.48. The number of hydrogen-bond donors (Lipinski definition) is 2. The Morgan fingerprint density at radius 2 is 1.86 bits per heavy atom. The number of aromatic nitrogens is 1.